The summed E-state index contributed by atoms with van der Waals surface area (Å²) in [5, 5.41) is 6.01. The van der Waals surface area contributed by atoms with Crippen molar-refractivity contribution in [2.45, 2.75) is 6.92 Å². The Morgan fingerprint density at radius 1 is 1.56 bits per heavy atom. The number of aryl methyl sites for hydroxylation is 1. The summed E-state index contributed by atoms with van der Waals surface area (Å²) in [6.07, 6.45) is 1.71. The van der Waals surface area contributed by atoms with Crippen LogP contribution in [0.25, 0.3) is 0 Å². The molecule has 1 aromatic heterocycles. The minimum Gasteiger partial charge on any atom is -0.293 e. The second-order valence-corrected chi connectivity index (χ2v) is 6.32. The molecule has 0 bridgehead atoms. The van der Waals surface area contributed by atoms with Gasteiger partial charge in [0.2, 0.25) is 0 Å². The molecule has 1 aliphatic heterocycles. The van der Waals surface area contributed by atoms with Crippen molar-refractivity contribution < 1.29 is 4.79 Å². The van der Waals surface area contributed by atoms with Gasteiger partial charge in [0.1, 0.15) is 0 Å². The lowest BCUT2D eigenvalue weighted by Gasteiger charge is -2.24. The van der Waals surface area contributed by atoms with Gasteiger partial charge in [0.15, 0.2) is 0 Å². The molecule has 0 aromatic carbocycles. The molecule has 0 atom stereocenters. The molecule has 1 amide bonds. The molecule has 0 spiro atoms. The van der Waals surface area contributed by atoms with E-state index in [2.05, 4.69) is 15.4 Å². The maximum atomic E-state index is 11.7. The van der Waals surface area contributed by atoms with Crippen LogP contribution in [0.1, 0.15) is 10.4 Å². The number of thioether (sulfide) groups is 1. The maximum Gasteiger partial charge on any atom is 0.254 e. The van der Waals surface area contributed by atoms with Crippen LogP contribution in [0.3, 0.4) is 0 Å². The lowest BCUT2D eigenvalue weighted by molar-refractivity contribution is -0.122. The van der Waals surface area contributed by atoms with E-state index in [1.807, 2.05) is 30.1 Å². The Labute approximate surface area is 115 Å². The van der Waals surface area contributed by atoms with Crippen LogP contribution in [0.4, 0.5) is 0 Å². The number of carbonyl (C=O) groups is 1. The first-order chi connectivity index (χ1) is 8.75. The van der Waals surface area contributed by atoms with Crippen molar-refractivity contribution in [1.82, 2.24) is 10.3 Å². The van der Waals surface area contributed by atoms with Crippen LogP contribution in [0.15, 0.2) is 16.5 Å². The van der Waals surface area contributed by atoms with E-state index >= 15 is 0 Å². The van der Waals surface area contributed by atoms with E-state index in [4.69, 9.17) is 0 Å². The zero-order valence-electron chi connectivity index (χ0n) is 10.4. The molecule has 4 nitrogen and oxygen atoms in total. The molecule has 2 heterocycles. The highest BCUT2D eigenvalue weighted by molar-refractivity contribution is 7.99. The highest BCUT2D eigenvalue weighted by atomic mass is 32.2. The smallest absolute Gasteiger partial charge is 0.254 e. The highest BCUT2D eigenvalue weighted by Gasteiger charge is 2.13. The average Bonchev–Trinajstić information content (AvgIpc) is 2.76. The summed E-state index contributed by atoms with van der Waals surface area (Å²) in [7, 11) is 0. The van der Waals surface area contributed by atoms with E-state index < -0.39 is 0 Å². The van der Waals surface area contributed by atoms with Gasteiger partial charge in [0, 0.05) is 29.5 Å². The van der Waals surface area contributed by atoms with E-state index in [9.17, 15) is 4.79 Å². The molecule has 2 rings (SSSR count). The van der Waals surface area contributed by atoms with Crippen LogP contribution in [-0.4, -0.2) is 48.2 Å². The van der Waals surface area contributed by atoms with Gasteiger partial charge in [-0.25, -0.2) is 5.43 Å². The Bertz CT molecular complexity index is 425. The van der Waals surface area contributed by atoms with Crippen molar-refractivity contribution in [1.29, 1.82) is 0 Å². The molecule has 0 unspecified atom stereocenters. The van der Waals surface area contributed by atoms with Gasteiger partial charge < -0.3 is 0 Å². The van der Waals surface area contributed by atoms with Gasteiger partial charge in [0.25, 0.3) is 5.91 Å². The van der Waals surface area contributed by atoms with E-state index in [0.717, 1.165) is 29.5 Å². The van der Waals surface area contributed by atoms with Crippen LogP contribution >= 0.6 is 23.1 Å². The fourth-order valence-corrected chi connectivity index (χ4v) is 3.44. The molecule has 1 N–H and O–H groups in total. The third kappa shape index (κ3) is 4.12. The molecule has 18 heavy (non-hydrogen) atoms. The molecular weight excluding hydrogens is 266 g/mol. The number of thiophene rings is 1. The molecule has 1 fully saturated rings. The third-order valence-corrected chi connectivity index (χ3v) is 4.64. The van der Waals surface area contributed by atoms with Gasteiger partial charge in [-0.05, 0) is 23.9 Å². The summed E-state index contributed by atoms with van der Waals surface area (Å²) in [5.74, 6) is 2.20. The fourth-order valence-electron chi connectivity index (χ4n) is 1.68. The third-order valence-electron chi connectivity index (χ3n) is 2.74. The van der Waals surface area contributed by atoms with Gasteiger partial charge in [0.05, 0.1) is 12.8 Å². The summed E-state index contributed by atoms with van der Waals surface area (Å²) in [6, 6.07) is 2.04. The largest absolute Gasteiger partial charge is 0.293 e. The minimum absolute atomic E-state index is 0.0349. The normalized spacial score (nSPS) is 17.2. The standard InChI is InChI=1S/C12H17N3OS2/c1-10-2-5-18-11(10)8-13-14-12(16)9-15-3-6-17-7-4-15/h2,5,8H,3-4,6-7,9H2,1H3,(H,14,16)/b13-8+. The predicted molar refractivity (Wildman–Crippen MR) is 78.6 cm³/mol. The predicted octanol–water partition coefficient (Wildman–Crippen LogP) is 1.56. The number of nitrogens with one attached hydrogen (secondary N) is 1. The van der Waals surface area contributed by atoms with Crippen molar-refractivity contribution in [3.63, 3.8) is 0 Å². The van der Waals surface area contributed by atoms with Crippen LogP contribution in [0, 0.1) is 6.92 Å². The van der Waals surface area contributed by atoms with Crippen LogP contribution in [-0.2, 0) is 4.79 Å². The Morgan fingerprint density at radius 2 is 2.33 bits per heavy atom. The van der Waals surface area contributed by atoms with Gasteiger partial charge in [-0.15, -0.1) is 11.3 Å². The minimum atomic E-state index is -0.0349. The molecule has 98 valence electrons. The van der Waals surface area contributed by atoms with Gasteiger partial charge in [-0.3, -0.25) is 9.69 Å². The second kappa shape index (κ2) is 6.92. The maximum absolute atomic E-state index is 11.7. The summed E-state index contributed by atoms with van der Waals surface area (Å²) >= 11 is 3.56. The molecule has 6 heteroatoms. The Balaban J connectivity index is 1.74. The van der Waals surface area contributed by atoms with Crippen molar-refractivity contribution >= 4 is 35.2 Å². The highest BCUT2D eigenvalue weighted by Crippen LogP contribution is 2.12. The van der Waals surface area contributed by atoms with Crippen molar-refractivity contribution in [3.8, 4) is 0 Å². The second-order valence-electron chi connectivity index (χ2n) is 4.15. The lowest BCUT2D eigenvalue weighted by atomic mass is 10.3. The number of rotatable bonds is 4. The van der Waals surface area contributed by atoms with Gasteiger partial charge in [-0.2, -0.15) is 16.9 Å². The van der Waals surface area contributed by atoms with Crippen LogP contribution < -0.4 is 5.43 Å². The van der Waals surface area contributed by atoms with E-state index in [0.29, 0.717) is 6.54 Å². The van der Waals surface area contributed by atoms with Gasteiger partial charge >= 0.3 is 0 Å². The number of hydrazone groups is 1. The summed E-state index contributed by atoms with van der Waals surface area (Å²) < 4.78 is 0. The topological polar surface area (TPSA) is 44.7 Å². The lowest BCUT2D eigenvalue weighted by Crippen LogP contribution is -2.40. The molecule has 1 aromatic rings. The van der Waals surface area contributed by atoms with E-state index in [1.165, 1.54) is 5.56 Å². The summed E-state index contributed by atoms with van der Waals surface area (Å²) in [6.45, 7) is 4.46. The number of nitrogens with zero attached hydrogens (tertiary/aromatic N) is 2. The molecule has 1 aliphatic rings. The van der Waals surface area contributed by atoms with Crippen LogP contribution in [0.5, 0.6) is 0 Å². The molecule has 0 aliphatic carbocycles. The van der Waals surface area contributed by atoms with Crippen LogP contribution in [0.2, 0.25) is 0 Å². The number of carbonyl (C=O) groups excluding carboxylic acids is 1. The molecule has 0 radical (unpaired) electrons. The molecule has 1 saturated heterocycles. The first-order valence-corrected chi connectivity index (χ1v) is 7.95. The SMILES string of the molecule is Cc1ccsc1/C=N/NC(=O)CN1CCSCC1. The van der Waals surface area contributed by atoms with Crippen molar-refractivity contribution in [2.24, 2.45) is 5.10 Å². The monoisotopic (exact) mass is 283 g/mol. The Kier molecular flexibility index (Phi) is 5.22. The number of hydrogen-bond donors (Lipinski definition) is 1. The number of hydrogen-bond acceptors (Lipinski definition) is 5. The number of amides is 1. The van der Waals surface area contributed by atoms with Crippen molar-refractivity contribution in [2.75, 3.05) is 31.1 Å². The average molecular weight is 283 g/mol. The Hall–Kier alpha value is -0.850. The molecular formula is C12H17N3OS2. The van der Waals surface area contributed by atoms with Gasteiger partial charge in [-0.1, -0.05) is 0 Å². The summed E-state index contributed by atoms with van der Waals surface area (Å²) in [4.78, 5) is 14.9. The van der Waals surface area contributed by atoms with Crippen molar-refractivity contribution in [3.05, 3.63) is 21.9 Å². The molecule has 0 saturated carbocycles. The zero-order valence-corrected chi connectivity index (χ0v) is 12.0. The van der Waals surface area contributed by atoms with E-state index in [1.54, 1.807) is 17.6 Å². The summed E-state index contributed by atoms with van der Waals surface area (Å²) in [5.41, 5.74) is 3.77. The first kappa shape index (κ1) is 13.6. The quantitative estimate of drug-likeness (QED) is 0.673. The Morgan fingerprint density at radius 3 is 3.00 bits per heavy atom. The van der Waals surface area contributed by atoms with E-state index in [-0.39, 0.29) is 5.91 Å². The zero-order chi connectivity index (χ0) is 12.8. The first-order valence-electron chi connectivity index (χ1n) is 5.92. The fraction of sp³-hybridized carbons (Fsp3) is 0.500.